The lowest BCUT2D eigenvalue weighted by atomic mass is 10.0. The van der Waals surface area contributed by atoms with Gasteiger partial charge >= 0.3 is 0 Å². The van der Waals surface area contributed by atoms with Gasteiger partial charge in [0.05, 0.1) is 6.42 Å². The molecule has 0 aliphatic carbocycles. The highest BCUT2D eigenvalue weighted by atomic mass is 35.5. The van der Waals surface area contributed by atoms with E-state index in [9.17, 15) is 9.59 Å². The number of carbonyl (C=O) groups excluding carboxylic acids is 2. The molecule has 0 aliphatic rings. The van der Waals surface area contributed by atoms with Gasteiger partial charge in [0, 0.05) is 34.1 Å². The van der Waals surface area contributed by atoms with Gasteiger partial charge in [-0.25, -0.2) is 0 Å². The smallest absolute Gasteiger partial charge is 0.243 e. The molecule has 7 heteroatoms. The third-order valence-corrected chi connectivity index (χ3v) is 6.12. The predicted octanol–water partition coefficient (Wildman–Crippen LogP) is 6.35. The molecule has 178 valence electrons. The van der Waals surface area contributed by atoms with E-state index in [-0.39, 0.29) is 30.8 Å². The largest absolute Gasteiger partial charge is 0.352 e. The third kappa shape index (κ3) is 7.49. The van der Waals surface area contributed by atoms with Crippen molar-refractivity contribution in [1.29, 1.82) is 0 Å². The van der Waals surface area contributed by atoms with E-state index < -0.39 is 6.04 Å². The van der Waals surface area contributed by atoms with Crippen LogP contribution in [0.25, 0.3) is 0 Å². The van der Waals surface area contributed by atoms with Gasteiger partial charge < -0.3 is 10.2 Å². The summed E-state index contributed by atoms with van der Waals surface area (Å²) in [5.74, 6) is -0.430. The highest BCUT2D eigenvalue weighted by Gasteiger charge is 2.31. The SMILES string of the molecule is CC(C)NC(=O)C(Cc1ccccc1)N(Cc1cccc(Cl)c1)C(=O)Cc1ccc(Cl)cc1Cl. The fraction of sp³-hybridized carbons (Fsp3) is 0.259. The van der Waals surface area contributed by atoms with Crippen molar-refractivity contribution in [3.05, 3.63) is 105 Å². The van der Waals surface area contributed by atoms with Crippen molar-refractivity contribution in [1.82, 2.24) is 10.2 Å². The minimum absolute atomic E-state index is 0.0385. The summed E-state index contributed by atoms with van der Waals surface area (Å²) in [7, 11) is 0. The van der Waals surface area contributed by atoms with Crippen molar-refractivity contribution < 1.29 is 9.59 Å². The Morgan fingerprint density at radius 3 is 2.18 bits per heavy atom. The number of nitrogens with zero attached hydrogens (tertiary/aromatic N) is 1. The first-order valence-corrected chi connectivity index (χ1v) is 12.2. The maximum Gasteiger partial charge on any atom is 0.243 e. The van der Waals surface area contributed by atoms with Gasteiger partial charge in [-0.05, 0) is 54.8 Å². The molecule has 0 saturated carbocycles. The normalized spacial score (nSPS) is 11.8. The fourth-order valence-corrected chi connectivity index (χ4v) is 4.38. The van der Waals surface area contributed by atoms with Crippen molar-refractivity contribution in [2.24, 2.45) is 0 Å². The van der Waals surface area contributed by atoms with E-state index in [4.69, 9.17) is 34.8 Å². The summed E-state index contributed by atoms with van der Waals surface area (Å²) in [5.41, 5.74) is 2.44. The topological polar surface area (TPSA) is 49.4 Å². The molecule has 1 unspecified atom stereocenters. The van der Waals surface area contributed by atoms with E-state index in [1.54, 1.807) is 35.2 Å². The molecule has 0 aliphatic heterocycles. The molecule has 0 saturated heterocycles. The molecule has 0 aromatic heterocycles. The lowest BCUT2D eigenvalue weighted by molar-refractivity contribution is -0.141. The number of benzene rings is 3. The quantitative estimate of drug-likeness (QED) is 0.359. The van der Waals surface area contributed by atoms with Crippen LogP contribution in [0.4, 0.5) is 0 Å². The number of carbonyl (C=O) groups is 2. The van der Waals surface area contributed by atoms with E-state index in [2.05, 4.69) is 5.32 Å². The molecule has 3 aromatic carbocycles. The van der Waals surface area contributed by atoms with Gasteiger partial charge in [0.2, 0.25) is 11.8 Å². The number of halogens is 3. The van der Waals surface area contributed by atoms with Gasteiger partial charge in [-0.3, -0.25) is 9.59 Å². The van der Waals surface area contributed by atoms with Crippen LogP contribution in [0.15, 0.2) is 72.8 Å². The summed E-state index contributed by atoms with van der Waals surface area (Å²) in [6.45, 7) is 4.02. The number of nitrogens with one attached hydrogen (secondary N) is 1. The van der Waals surface area contributed by atoms with Crippen molar-refractivity contribution in [2.45, 2.75) is 45.3 Å². The summed E-state index contributed by atoms with van der Waals surface area (Å²) >= 11 is 18.6. The molecule has 0 heterocycles. The first-order chi connectivity index (χ1) is 16.2. The van der Waals surface area contributed by atoms with Gasteiger partial charge in [0.15, 0.2) is 0 Å². The third-order valence-electron chi connectivity index (χ3n) is 5.30. The Morgan fingerprint density at radius 1 is 0.853 bits per heavy atom. The molecule has 1 atom stereocenters. The molecule has 0 fully saturated rings. The average Bonchev–Trinajstić information content (AvgIpc) is 2.78. The molecular weight excluding hydrogens is 491 g/mol. The number of rotatable bonds is 9. The average molecular weight is 518 g/mol. The van der Waals surface area contributed by atoms with E-state index in [0.29, 0.717) is 27.1 Å². The van der Waals surface area contributed by atoms with Crippen LogP contribution < -0.4 is 5.32 Å². The molecule has 0 bridgehead atoms. The number of amides is 2. The Morgan fingerprint density at radius 2 is 1.53 bits per heavy atom. The van der Waals surface area contributed by atoms with Crippen molar-refractivity contribution >= 4 is 46.6 Å². The first-order valence-electron chi connectivity index (χ1n) is 11.0. The van der Waals surface area contributed by atoms with Crippen LogP contribution in [0.3, 0.4) is 0 Å². The lowest BCUT2D eigenvalue weighted by Crippen LogP contribution is -2.52. The van der Waals surface area contributed by atoms with Gasteiger partial charge in [-0.2, -0.15) is 0 Å². The minimum atomic E-state index is -0.720. The van der Waals surface area contributed by atoms with Crippen molar-refractivity contribution in [2.75, 3.05) is 0 Å². The molecular formula is C27H27Cl3N2O2. The molecule has 4 nitrogen and oxygen atoms in total. The summed E-state index contributed by atoms with van der Waals surface area (Å²) < 4.78 is 0. The van der Waals surface area contributed by atoms with E-state index in [1.165, 1.54) is 0 Å². The van der Waals surface area contributed by atoms with E-state index in [0.717, 1.165) is 11.1 Å². The van der Waals surface area contributed by atoms with E-state index in [1.807, 2.05) is 56.3 Å². The summed E-state index contributed by atoms with van der Waals surface area (Å²) in [6.07, 6.45) is 0.414. The Bertz CT molecular complexity index is 1140. The molecule has 3 rings (SSSR count). The maximum atomic E-state index is 13.7. The zero-order chi connectivity index (χ0) is 24.7. The van der Waals surface area contributed by atoms with Gasteiger partial charge in [-0.1, -0.05) is 83.3 Å². The van der Waals surface area contributed by atoms with Gasteiger partial charge in [0.25, 0.3) is 0 Å². The van der Waals surface area contributed by atoms with Gasteiger partial charge in [0.1, 0.15) is 6.04 Å². The van der Waals surface area contributed by atoms with Crippen LogP contribution in [0.2, 0.25) is 15.1 Å². The molecule has 1 N–H and O–H groups in total. The first kappa shape index (κ1) is 26.1. The highest BCUT2D eigenvalue weighted by molar-refractivity contribution is 6.35. The number of hydrogen-bond donors (Lipinski definition) is 1. The van der Waals surface area contributed by atoms with Crippen LogP contribution in [-0.4, -0.2) is 28.8 Å². The molecule has 34 heavy (non-hydrogen) atoms. The number of hydrogen-bond acceptors (Lipinski definition) is 2. The van der Waals surface area contributed by atoms with Crippen LogP contribution in [0.1, 0.15) is 30.5 Å². The highest BCUT2D eigenvalue weighted by Crippen LogP contribution is 2.24. The summed E-state index contributed by atoms with van der Waals surface area (Å²) in [6, 6.07) is 21.2. The monoisotopic (exact) mass is 516 g/mol. The molecule has 0 spiro atoms. The van der Waals surface area contributed by atoms with Gasteiger partial charge in [-0.15, -0.1) is 0 Å². The zero-order valence-electron chi connectivity index (χ0n) is 19.1. The molecule has 0 radical (unpaired) electrons. The minimum Gasteiger partial charge on any atom is -0.352 e. The van der Waals surface area contributed by atoms with Crippen LogP contribution in [-0.2, 0) is 29.0 Å². The summed E-state index contributed by atoms with van der Waals surface area (Å²) in [4.78, 5) is 28.6. The Balaban J connectivity index is 1.99. The molecule has 2 amide bonds. The molecule has 3 aromatic rings. The standard InChI is InChI=1S/C27H27Cl3N2O2/c1-18(2)31-27(34)25(14-19-7-4-3-5-8-19)32(17-20-9-6-10-22(28)13-20)26(33)15-21-11-12-23(29)16-24(21)30/h3-13,16,18,25H,14-15,17H2,1-2H3,(H,31,34). The van der Waals surface area contributed by atoms with Crippen molar-refractivity contribution in [3.63, 3.8) is 0 Å². The lowest BCUT2D eigenvalue weighted by Gasteiger charge is -2.32. The zero-order valence-corrected chi connectivity index (χ0v) is 21.4. The van der Waals surface area contributed by atoms with Crippen LogP contribution in [0.5, 0.6) is 0 Å². The Hall–Kier alpha value is -2.53. The maximum absolute atomic E-state index is 13.7. The predicted molar refractivity (Wildman–Crippen MR) is 139 cm³/mol. The Kier molecular flexibility index (Phi) is 9.40. The van der Waals surface area contributed by atoms with Crippen LogP contribution in [0, 0.1) is 0 Å². The second-order valence-corrected chi connectivity index (χ2v) is 9.71. The van der Waals surface area contributed by atoms with E-state index >= 15 is 0 Å². The van der Waals surface area contributed by atoms with Crippen molar-refractivity contribution in [3.8, 4) is 0 Å². The second kappa shape index (κ2) is 12.3. The van der Waals surface area contributed by atoms with Crippen LogP contribution >= 0.6 is 34.8 Å². The second-order valence-electron chi connectivity index (χ2n) is 8.43. The fourth-order valence-electron chi connectivity index (χ4n) is 3.70. The summed E-state index contributed by atoms with van der Waals surface area (Å²) in [5, 5.41) is 4.45. The Labute approximate surface area is 215 Å².